The quantitative estimate of drug-likeness (QED) is 0.808. The van der Waals surface area contributed by atoms with Gasteiger partial charge in [0.15, 0.2) is 0 Å². The van der Waals surface area contributed by atoms with Crippen LogP contribution in [0.1, 0.15) is 23.0 Å². The van der Waals surface area contributed by atoms with Crippen LogP contribution in [0.4, 0.5) is 0 Å². The second-order valence-corrected chi connectivity index (χ2v) is 4.07. The zero-order valence-electron chi connectivity index (χ0n) is 10.4. The van der Waals surface area contributed by atoms with Crippen molar-refractivity contribution in [3.05, 3.63) is 29.6 Å². The Bertz CT molecular complexity index is 382. The van der Waals surface area contributed by atoms with Crippen LogP contribution in [0.5, 0.6) is 0 Å². The highest BCUT2D eigenvalue weighted by molar-refractivity contribution is 5.85. The molecular weight excluding hydrogens is 220 g/mol. The number of nitrogens with zero attached hydrogens (tertiary/aromatic N) is 2. The van der Waals surface area contributed by atoms with Crippen LogP contribution in [-0.4, -0.2) is 47.8 Å². The van der Waals surface area contributed by atoms with Crippen molar-refractivity contribution < 1.29 is 14.6 Å². The first-order valence-electron chi connectivity index (χ1n) is 5.42. The van der Waals surface area contributed by atoms with Gasteiger partial charge in [-0.2, -0.15) is 0 Å². The fourth-order valence-corrected chi connectivity index (χ4v) is 1.50. The summed E-state index contributed by atoms with van der Waals surface area (Å²) in [4.78, 5) is 16.7. The van der Waals surface area contributed by atoms with Gasteiger partial charge in [0, 0.05) is 25.9 Å². The maximum atomic E-state index is 10.8. The van der Waals surface area contributed by atoms with E-state index in [0.29, 0.717) is 13.2 Å². The summed E-state index contributed by atoms with van der Waals surface area (Å²) in [5.41, 5.74) is 1.01. The summed E-state index contributed by atoms with van der Waals surface area (Å²) in [6.45, 7) is 3.38. The lowest BCUT2D eigenvalue weighted by Gasteiger charge is -2.23. The number of carboxylic acid groups (broad SMARTS) is 1. The Hall–Kier alpha value is -1.46. The molecule has 1 rings (SSSR count). The highest BCUT2D eigenvalue weighted by Crippen LogP contribution is 2.07. The number of hydrogen-bond acceptors (Lipinski definition) is 4. The van der Waals surface area contributed by atoms with E-state index in [2.05, 4.69) is 16.8 Å². The molecule has 0 spiro atoms. The molecule has 17 heavy (non-hydrogen) atoms. The fourth-order valence-electron chi connectivity index (χ4n) is 1.50. The normalized spacial score (nSPS) is 12.7. The summed E-state index contributed by atoms with van der Waals surface area (Å²) in [6.07, 6.45) is 1.52. The maximum Gasteiger partial charge on any atom is 0.354 e. The largest absolute Gasteiger partial charge is 0.477 e. The Morgan fingerprint density at radius 2 is 2.35 bits per heavy atom. The van der Waals surface area contributed by atoms with Crippen LogP contribution in [-0.2, 0) is 11.3 Å². The topological polar surface area (TPSA) is 62.7 Å². The van der Waals surface area contributed by atoms with E-state index < -0.39 is 5.97 Å². The number of methoxy groups -OCH3 is 1. The number of carboxylic acids is 1. The van der Waals surface area contributed by atoms with E-state index in [-0.39, 0.29) is 11.7 Å². The van der Waals surface area contributed by atoms with Gasteiger partial charge in [-0.05, 0) is 31.7 Å². The summed E-state index contributed by atoms with van der Waals surface area (Å²) in [5.74, 6) is -1.00. The first-order valence-corrected chi connectivity index (χ1v) is 5.42. The Labute approximate surface area is 101 Å². The average Bonchev–Trinajstić information content (AvgIpc) is 2.29. The van der Waals surface area contributed by atoms with Gasteiger partial charge in [0.05, 0.1) is 6.61 Å². The molecular formula is C12H18N2O3. The zero-order chi connectivity index (χ0) is 12.8. The Morgan fingerprint density at radius 1 is 1.65 bits per heavy atom. The van der Waals surface area contributed by atoms with Gasteiger partial charge < -0.3 is 9.84 Å². The number of likely N-dealkylation sites (N-methyl/N-ethyl adjacent to an activating group) is 1. The van der Waals surface area contributed by atoms with Gasteiger partial charge in [-0.1, -0.05) is 0 Å². The number of pyridine rings is 1. The SMILES string of the molecule is COCC(C)N(C)Cc1ccnc(C(=O)O)c1. The highest BCUT2D eigenvalue weighted by Gasteiger charge is 2.11. The minimum atomic E-state index is -1.00. The first kappa shape index (κ1) is 13.6. The van der Waals surface area contributed by atoms with Gasteiger partial charge in [-0.25, -0.2) is 9.78 Å². The van der Waals surface area contributed by atoms with Gasteiger partial charge in [0.2, 0.25) is 0 Å². The van der Waals surface area contributed by atoms with E-state index in [9.17, 15) is 4.79 Å². The molecule has 1 heterocycles. The second kappa shape index (κ2) is 6.32. The van der Waals surface area contributed by atoms with Crippen molar-refractivity contribution in [2.75, 3.05) is 20.8 Å². The molecule has 0 radical (unpaired) electrons. The average molecular weight is 238 g/mol. The van der Waals surface area contributed by atoms with Crippen molar-refractivity contribution in [3.63, 3.8) is 0 Å². The van der Waals surface area contributed by atoms with E-state index in [4.69, 9.17) is 9.84 Å². The molecule has 0 aromatic carbocycles. The number of aromatic nitrogens is 1. The van der Waals surface area contributed by atoms with Crippen LogP contribution in [0.2, 0.25) is 0 Å². The van der Waals surface area contributed by atoms with Crippen LogP contribution in [0.15, 0.2) is 18.3 Å². The lowest BCUT2D eigenvalue weighted by molar-refractivity contribution is 0.0690. The molecule has 0 saturated carbocycles. The molecule has 1 unspecified atom stereocenters. The summed E-state index contributed by atoms with van der Waals surface area (Å²) >= 11 is 0. The summed E-state index contributed by atoms with van der Waals surface area (Å²) in [7, 11) is 3.64. The van der Waals surface area contributed by atoms with Crippen molar-refractivity contribution >= 4 is 5.97 Å². The number of carbonyl (C=O) groups is 1. The maximum absolute atomic E-state index is 10.8. The van der Waals surface area contributed by atoms with E-state index in [1.165, 1.54) is 6.20 Å². The predicted molar refractivity (Wildman–Crippen MR) is 64.0 cm³/mol. The molecule has 5 heteroatoms. The van der Waals surface area contributed by atoms with Crippen LogP contribution in [0, 0.1) is 0 Å². The third-order valence-electron chi connectivity index (χ3n) is 2.64. The number of rotatable bonds is 6. The van der Waals surface area contributed by atoms with Gasteiger partial charge in [-0.3, -0.25) is 4.90 Å². The molecule has 0 aliphatic heterocycles. The molecule has 1 atom stereocenters. The van der Waals surface area contributed by atoms with Crippen LogP contribution in [0.3, 0.4) is 0 Å². The minimum Gasteiger partial charge on any atom is -0.477 e. The molecule has 0 saturated heterocycles. The molecule has 0 fully saturated rings. The molecule has 0 aliphatic carbocycles. The molecule has 1 aromatic heterocycles. The summed E-state index contributed by atoms with van der Waals surface area (Å²) < 4.78 is 5.08. The predicted octanol–water partition coefficient (Wildman–Crippen LogP) is 1.25. The molecule has 94 valence electrons. The van der Waals surface area contributed by atoms with Crippen molar-refractivity contribution in [3.8, 4) is 0 Å². The van der Waals surface area contributed by atoms with Crippen molar-refractivity contribution in [1.29, 1.82) is 0 Å². The van der Waals surface area contributed by atoms with Crippen LogP contribution >= 0.6 is 0 Å². The molecule has 0 amide bonds. The van der Waals surface area contributed by atoms with Crippen molar-refractivity contribution in [2.24, 2.45) is 0 Å². The monoisotopic (exact) mass is 238 g/mol. The van der Waals surface area contributed by atoms with E-state index in [0.717, 1.165) is 5.56 Å². The first-order chi connectivity index (χ1) is 8.04. The minimum absolute atomic E-state index is 0.0790. The molecule has 1 N–H and O–H groups in total. The van der Waals surface area contributed by atoms with Gasteiger partial charge in [-0.15, -0.1) is 0 Å². The lowest BCUT2D eigenvalue weighted by Crippen LogP contribution is -2.32. The molecule has 5 nitrogen and oxygen atoms in total. The smallest absolute Gasteiger partial charge is 0.354 e. The van der Waals surface area contributed by atoms with Crippen LogP contribution < -0.4 is 0 Å². The number of ether oxygens (including phenoxy) is 1. The van der Waals surface area contributed by atoms with Gasteiger partial charge >= 0.3 is 5.97 Å². The zero-order valence-corrected chi connectivity index (χ0v) is 10.4. The lowest BCUT2D eigenvalue weighted by atomic mass is 10.2. The van der Waals surface area contributed by atoms with Crippen molar-refractivity contribution in [2.45, 2.75) is 19.5 Å². The third kappa shape index (κ3) is 4.13. The van der Waals surface area contributed by atoms with E-state index >= 15 is 0 Å². The molecule has 0 bridgehead atoms. The van der Waals surface area contributed by atoms with Crippen LogP contribution in [0.25, 0.3) is 0 Å². The van der Waals surface area contributed by atoms with E-state index in [1.807, 2.05) is 13.1 Å². The molecule has 0 aliphatic rings. The van der Waals surface area contributed by atoms with Crippen molar-refractivity contribution in [1.82, 2.24) is 9.88 Å². The molecule has 1 aromatic rings. The Kier molecular flexibility index (Phi) is 5.06. The van der Waals surface area contributed by atoms with E-state index in [1.54, 1.807) is 13.2 Å². The Morgan fingerprint density at radius 3 is 2.94 bits per heavy atom. The van der Waals surface area contributed by atoms with Gasteiger partial charge in [0.25, 0.3) is 0 Å². The third-order valence-corrected chi connectivity index (χ3v) is 2.64. The number of aromatic carboxylic acids is 1. The standard InChI is InChI=1S/C12H18N2O3/c1-9(8-17-3)14(2)7-10-4-5-13-11(6-10)12(15)16/h4-6,9H,7-8H2,1-3H3,(H,15,16). The summed E-state index contributed by atoms with van der Waals surface area (Å²) in [5, 5.41) is 8.84. The fraction of sp³-hybridized carbons (Fsp3) is 0.500. The Balaban J connectivity index is 2.68. The second-order valence-electron chi connectivity index (χ2n) is 4.07. The summed E-state index contributed by atoms with van der Waals surface area (Å²) in [6, 6.07) is 3.70. The number of hydrogen-bond donors (Lipinski definition) is 1. The highest BCUT2D eigenvalue weighted by atomic mass is 16.5. The van der Waals surface area contributed by atoms with Gasteiger partial charge in [0.1, 0.15) is 5.69 Å².